The molecule has 33 heavy (non-hydrogen) atoms. The number of nitrogens with zero attached hydrogens (tertiary/aromatic N) is 2. The average molecular weight is 565 g/mol. The molecule has 0 saturated carbocycles. The maximum absolute atomic E-state index is 13.2. The molecule has 0 fully saturated rings. The number of hydrogen-bond acceptors (Lipinski definition) is 4. The number of benzene rings is 2. The smallest absolute Gasteiger partial charge is 0.226 e. The molecule has 0 spiro atoms. The molecule has 2 aromatic carbocycles. The summed E-state index contributed by atoms with van der Waals surface area (Å²) < 4.78 is 18.8. The fraction of sp³-hybridized carbons (Fsp3) is 0.292. The van der Waals surface area contributed by atoms with Crippen LogP contribution >= 0.6 is 24.0 Å². The highest BCUT2D eigenvalue weighted by Gasteiger charge is 2.07. The molecule has 0 saturated heterocycles. The second kappa shape index (κ2) is 13.6. The Morgan fingerprint density at radius 3 is 2.58 bits per heavy atom. The van der Waals surface area contributed by atoms with E-state index in [0.717, 1.165) is 11.3 Å². The molecule has 1 aromatic heterocycles. The van der Waals surface area contributed by atoms with Crippen LogP contribution in [0.15, 0.2) is 64.2 Å². The van der Waals surface area contributed by atoms with E-state index >= 15 is 0 Å². The molecule has 0 bridgehead atoms. The highest BCUT2D eigenvalue weighted by molar-refractivity contribution is 14.0. The lowest BCUT2D eigenvalue weighted by molar-refractivity contribution is -0.120. The average Bonchev–Trinajstić information content (AvgIpc) is 3.24. The van der Waals surface area contributed by atoms with Gasteiger partial charge in [-0.1, -0.05) is 29.8 Å². The number of rotatable bonds is 9. The number of oxazole rings is 1. The molecule has 0 unspecified atom stereocenters. The zero-order valence-electron chi connectivity index (χ0n) is 18.7. The standard InChI is InChI=1S/C24H28FN5O2.HI/c1-3-26-24(28-12-11-27-22(31)14-18-5-4-6-20(25)13-18)29-15-21-16-32-23(30-21)19-9-7-17(2)8-10-19;/h4-10,13,16H,3,11-12,14-15H2,1-2H3,(H,27,31)(H2,26,28,29);1H. The fourth-order valence-corrected chi connectivity index (χ4v) is 2.99. The van der Waals surface area contributed by atoms with E-state index in [9.17, 15) is 9.18 Å². The number of halogens is 2. The normalized spacial score (nSPS) is 10.9. The second-order valence-electron chi connectivity index (χ2n) is 7.29. The Balaban J connectivity index is 0.00000385. The van der Waals surface area contributed by atoms with E-state index in [-0.39, 0.29) is 42.1 Å². The van der Waals surface area contributed by atoms with E-state index in [0.29, 0.717) is 43.6 Å². The summed E-state index contributed by atoms with van der Waals surface area (Å²) in [7, 11) is 0. The Hall–Kier alpha value is -2.95. The number of carbonyl (C=O) groups excluding carboxylic acids is 1. The molecule has 0 atom stereocenters. The molecule has 9 heteroatoms. The molecular formula is C24H29FIN5O2. The number of hydrogen-bond donors (Lipinski definition) is 3. The minimum Gasteiger partial charge on any atom is -0.444 e. The summed E-state index contributed by atoms with van der Waals surface area (Å²) in [6.07, 6.45) is 1.75. The van der Waals surface area contributed by atoms with Crippen molar-refractivity contribution < 1.29 is 13.6 Å². The number of amides is 1. The lowest BCUT2D eigenvalue weighted by atomic mass is 10.1. The lowest BCUT2D eigenvalue weighted by Crippen LogP contribution is -2.41. The number of aliphatic imine (C=N–C) groups is 1. The predicted octanol–water partition coefficient (Wildman–Crippen LogP) is 3.82. The van der Waals surface area contributed by atoms with Crippen LogP contribution in [-0.4, -0.2) is 36.5 Å². The van der Waals surface area contributed by atoms with Gasteiger partial charge in [-0.25, -0.2) is 14.4 Å². The molecular weight excluding hydrogens is 536 g/mol. The quantitative estimate of drug-likeness (QED) is 0.159. The van der Waals surface area contributed by atoms with Crippen molar-refractivity contribution in [3.63, 3.8) is 0 Å². The second-order valence-corrected chi connectivity index (χ2v) is 7.29. The minimum atomic E-state index is -0.346. The van der Waals surface area contributed by atoms with Crippen LogP contribution in [0.4, 0.5) is 4.39 Å². The molecule has 0 aliphatic heterocycles. The van der Waals surface area contributed by atoms with Crippen molar-refractivity contribution in [3.05, 3.63) is 77.4 Å². The summed E-state index contributed by atoms with van der Waals surface area (Å²) in [5.41, 5.74) is 3.46. The number of nitrogens with one attached hydrogen (secondary N) is 3. The van der Waals surface area contributed by atoms with Gasteiger partial charge in [-0.05, 0) is 43.7 Å². The van der Waals surface area contributed by atoms with Crippen molar-refractivity contribution in [2.24, 2.45) is 4.99 Å². The van der Waals surface area contributed by atoms with Crippen LogP contribution in [-0.2, 0) is 17.8 Å². The van der Waals surface area contributed by atoms with Crippen LogP contribution in [0.5, 0.6) is 0 Å². The molecule has 3 N–H and O–H groups in total. The summed E-state index contributed by atoms with van der Waals surface area (Å²) in [5.74, 6) is 0.674. The molecule has 7 nitrogen and oxygen atoms in total. The molecule has 3 rings (SSSR count). The van der Waals surface area contributed by atoms with E-state index in [1.807, 2.05) is 38.1 Å². The lowest BCUT2D eigenvalue weighted by Gasteiger charge is -2.11. The summed E-state index contributed by atoms with van der Waals surface area (Å²) in [6, 6.07) is 14.0. The minimum absolute atomic E-state index is 0. The first-order chi connectivity index (χ1) is 15.5. The Bertz CT molecular complexity index is 1050. The fourth-order valence-electron chi connectivity index (χ4n) is 2.99. The van der Waals surface area contributed by atoms with E-state index < -0.39 is 0 Å². The van der Waals surface area contributed by atoms with Gasteiger partial charge in [-0.3, -0.25) is 4.79 Å². The van der Waals surface area contributed by atoms with Gasteiger partial charge in [0.25, 0.3) is 0 Å². The van der Waals surface area contributed by atoms with E-state index in [4.69, 9.17) is 4.42 Å². The van der Waals surface area contributed by atoms with Gasteiger partial charge in [0.05, 0.1) is 13.0 Å². The van der Waals surface area contributed by atoms with Crippen LogP contribution < -0.4 is 16.0 Å². The maximum atomic E-state index is 13.2. The number of aryl methyl sites for hydroxylation is 1. The number of carbonyl (C=O) groups is 1. The number of aromatic nitrogens is 1. The maximum Gasteiger partial charge on any atom is 0.226 e. The van der Waals surface area contributed by atoms with Crippen molar-refractivity contribution in [3.8, 4) is 11.5 Å². The van der Waals surface area contributed by atoms with Gasteiger partial charge in [0.15, 0.2) is 5.96 Å². The SMILES string of the molecule is CCNC(=NCc1coc(-c2ccc(C)cc2)n1)NCCNC(=O)Cc1cccc(F)c1.I. The van der Waals surface area contributed by atoms with Crippen LogP contribution in [0.2, 0.25) is 0 Å². The van der Waals surface area contributed by atoms with Gasteiger partial charge in [-0.2, -0.15) is 0 Å². The van der Waals surface area contributed by atoms with Gasteiger partial charge >= 0.3 is 0 Å². The molecule has 1 heterocycles. The third-order valence-corrected chi connectivity index (χ3v) is 4.59. The monoisotopic (exact) mass is 565 g/mol. The van der Waals surface area contributed by atoms with E-state index in [1.54, 1.807) is 18.4 Å². The Morgan fingerprint density at radius 2 is 1.85 bits per heavy atom. The molecule has 176 valence electrons. The zero-order chi connectivity index (χ0) is 22.8. The Morgan fingerprint density at radius 1 is 1.09 bits per heavy atom. The predicted molar refractivity (Wildman–Crippen MR) is 138 cm³/mol. The van der Waals surface area contributed by atoms with Crippen molar-refractivity contribution in [1.29, 1.82) is 0 Å². The van der Waals surface area contributed by atoms with Gasteiger partial charge in [0, 0.05) is 25.2 Å². The highest BCUT2D eigenvalue weighted by atomic mass is 127. The Labute approximate surface area is 210 Å². The van der Waals surface area contributed by atoms with Crippen LogP contribution in [0, 0.1) is 12.7 Å². The van der Waals surface area contributed by atoms with Crippen molar-refractivity contribution in [1.82, 2.24) is 20.9 Å². The van der Waals surface area contributed by atoms with Gasteiger partial charge < -0.3 is 20.4 Å². The summed E-state index contributed by atoms with van der Waals surface area (Å²) >= 11 is 0. The first kappa shape index (κ1) is 26.3. The van der Waals surface area contributed by atoms with Crippen LogP contribution in [0.1, 0.15) is 23.7 Å². The third kappa shape index (κ3) is 8.83. The molecule has 0 radical (unpaired) electrons. The highest BCUT2D eigenvalue weighted by Crippen LogP contribution is 2.19. The van der Waals surface area contributed by atoms with Crippen molar-refractivity contribution in [2.45, 2.75) is 26.8 Å². The van der Waals surface area contributed by atoms with Gasteiger partial charge in [-0.15, -0.1) is 24.0 Å². The first-order valence-corrected chi connectivity index (χ1v) is 10.6. The number of guanidine groups is 1. The summed E-state index contributed by atoms with van der Waals surface area (Å²) in [4.78, 5) is 21.0. The van der Waals surface area contributed by atoms with Gasteiger partial charge in [0.1, 0.15) is 17.8 Å². The summed E-state index contributed by atoms with van der Waals surface area (Å²) in [6.45, 7) is 5.98. The molecule has 3 aromatic rings. The third-order valence-electron chi connectivity index (χ3n) is 4.59. The van der Waals surface area contributed by atoms with E-state index in [1.165, 1.54) is 17.7 Å². The molecule has 0 aliphatic rings. The van der Waals surface area contributed by atoms with Crippen molar-refractivity contribution in [2.75, 3.05) is 19.6 Å². The van der Waals surface area contributed by atoms with Crippen molar-refractivity contribution >= 4 is 35.8 Å². The van der Waals surface area contributed by atoms with Gasteiger partial charge in [0.2, 0.25) is 11.8 Å². The van der Waals surface area contributed by atoms with Crippen LogP contribution in [0.3, 0.4) is 0 Å². The topological polar surface area (TPSA) is 91.6 Å². The molecule has 0 aliphatic carbocycles. The largest absolute Gasteiger partial charge is 0.444 e. The Kier molecular flexibility index (Phi) is 10.8. The first-order valence-electron chi connectivity index (χ1n) is 10.6. The zero-order valence-corrected chi connectivity index (χ0v) is 21.1. The van der Waals surface area contributed by atoms with E-state index in [2.05, 4.69) is 25.9 Å². The van der Waals surface area contributed by atoms with Crippen LogP contribution in [0.25, 0.3) is 11.5 Å². The summed E-state index contributed by atoms with van der Waals surface area (Å²) in [5, 5.41) is 9.14. The molecule has 1 amide bonds.